The van der Waals surface area contributed by atoms with Gasteiger partial charge in [-0.3, -0.25) is 14.5 Å². The monoisotopic (exact) mass is 323 g/mol. The third kappa shape index (κ3) is 3.06. The molecule has 0 unspecified atom stereocenters. The zero-order chi connectivity index (χ0) is 16.4. The molecule has 2 saturated heterocycles. The van der Waals surface area contributed by atoms with Gasteiger partial charge in [0, 0.05) is 19.7 Å². The molecule has 3 rings (SSSR count). The van der Waals surface area contributed by atoms with Gasteiger partial charge < -0.3 is 15.0 Å². The molecule has 1 atom stereocenters. The highest BCUT2D eigenvalue weighted by Gasteiger charge is 2.52. The molecule has 0 radical (unpaired) electrons. The lowest BCUT2D eigenvalue weighted by atomic mass is 9.98. The lowest BCUT2D eigenvalue weighted by Gasteiger charge is -2.33. The van der Waals surface area contributed by atoms with Crippen LogP contribution in [0.15, 0.2) is 0 Å². The van der Waals surface area contributed by atoms with Crippen molar-refractivity contribution < 1.29 is 19.1 Å². The number of ether oxygens (including phenoxy) is 1. The van der Waals surface area contributed by atoms with Gasteiger partial charge in [-0.2, -0.15) is 0 Å². The molecule has 2 heterocycles. The smallest absolute Gasteiger partial charge is 0.325 e. The molecule has 1 aliphatic carbocycles. The molecule has 7 nitrogen and oxygen atoms in total. The highest BCUT2D eigenvalue weighted by Crippen LogP contribution is 2.35. The third-order valence-electron chi connectivity index (χ3n) is 5.13. The molecule has 1 spiro atoms. The number of urea groups is 1. The lowest BCUT2D eigenvalue weighted by Crippen LogP contribution is -2.49. The van der Waals surface area contributed by atoms with E-state index in [2.05, 4.69) is 5.32 Å². The third-order valence-corrected chi connectivity index (χ3v) is 5.13. The fraction of sp³-hybridized carbons (Fsp3) is 0.812. The van der Waals surface area contributed by atoms with Gasteiger partial charge in [0.05, 0.1) is 6.10 Å². The average Bonchev–Trinajstić information content (AvgIpc) is 3.09. The predicted octanol–water partition coefficient (Wildman–Crippen LogP) is 0.879. The summed E-state index contributed by atoms with van der Waals surface area (Å²) in [5.41, 5.74) is -0.743. The normalized spacial score (nSPS) is 26.9. The van der Waals surface area contributed by atoms with Crippen molar-refractivity contribution in [1.82, 2.24) is 15.1 Å². The highest BCUT2D eigenvalue weighted by atomic mass is 16.5. The molecule has 0 aromatic rings. The first-order chi connectivity index (χ1) is 11.1. The lowest BCUT2D eigenvalue weighted by molar-refractivity contribution is -0.141. The predicted molar refractivity (Wildman–Crippen MR) is 82.7 cm³/mol. The van der Waals surface area contributed by atoms with Crippen molar-refractivity contribution in [3.63, 3.8) is 0 Å². The van der Waals surface area contributed by atoms with Crippen molar-refractivity contribution in [1.29, 1.82) is 0 Å². The van der Waals surface area contributed by atoms with Gasteiger partial charge >= 0.3 is 6.03 Å². The van der Waals surface area contributed by atoms with Crippen LogP contribution in [0.2, 0.25) is 0 Å². The molecule has 7 heteroatoms. The van der Waals surface area contributed by atoms with Crippen LogP contribution in [0.1, 0.15) is 45.4 Å². The van der Waals surface area contributed by atoms with Crippen LogP contribution in [0.3, 0.4) is 0 Å². The number of rotatable bonds is 4. The summed E-state index contributed by atoms with van der Waals surface area (Å²) in [6.07, 6.45) is 5.13. The van der Waals surface area contributed by atoms with E-state index in [4.69, 9.17) is 4.74 Å². The number of nitrogens with one attached hydrogen (secondary N) is 1. The largest absolute Gasteiger partial charge is 0.377 e. The Kier molecular flexibility index (Phi) is 4.57. The van der Waals surface area contributed by atoms with Crippen LogP contribution in [0.4, 0.5) is 4.79 Å². The second-order valence-corrected chi connectivity index (χ2v) is 6.67. The van der Waals surface area contributed by atoms with Crippen LogP contribution < -0.4 is 5.32 Å². The van der Waals surface area contributed by atoms with Gasteiger partial charge in [0.2, 0.25) is 5.91 Å². The van der Waals surface area contributed by atoms with E-state index in [9.17, 15) is 14.4 Å². The number of hydrogen-bond acceptors (Lipinski definition) is 4. The Hall–Kier alpha value is -1.63. The van der Waals surface area contributed by atoms with Crippen molar-refractivity contribution in [3.05, 3.63) is 0 Å². The second-order valence-electron chi connectivity index (χ2n) is 6.67. The molecule has 3 aliphatic rings. The standard InChI is InChI=1S/C16H25N3O4/c1-2-23-12-6-5-9-18(10-12)13(20)11-19-14(21)16(17-15(19)22)7-3-4-8-16/h12H,2-11H2,1H3,(H,17,22)/t12-/m0/s1. The minimum atomic E-state index is -0.743. The number of imide groups is 1. The number of carbonyl (C=O) groups is 3. The number of piperidine rings is 1. The Labute approximate surface area is 136 Å². The zero-order valence-corrected chi connectivity index (χ0v) is 13.7. The van der Waals surface area contributed by atoms with E-state index >= 15 is 0 Å². The van der Waals surface area contributed by atoms with Crippen LogP contribution in [0.25, 0.3) is 0 Å². The molecular weight excluding hydrogens is 298 g/mol. The Balaban J connectivity index is 1.61. The van der Waals surface area contributed by atoms with E-state index in [1.54, 1.807) is 4.90 Å². The minimum Gasteiger partial charge on any atom is -0.377 e. The second kappa shape index (κ2) is 6.47. The molecule has 128 valence electrons. The van der Waals surface area contributed by atoms with Crippen LogP contribution in [0, 0.1) is 0 Å². The van der Waals surface area contributed by atoms with Gasteiger partial charge in [0.25, 0.3) is 5.91 Å². The summed E-state index contributed by atoms with van der Waals surface area (Å²) in [7, 11) is 0. The summed E-state index contributed by atoms with van der Waals surface area (Å²) in [5.74, 6) is -0.403. The Morgan fingerprint density at radius 1 is 1.30 bits per heavy atom. The Morgan fingerprint density at radius 3 is 2.74 bits per heavy atom. The topological polar surface area (TPSA) is 79.0 Å². The molecule has 0 bridgehead atoms. The molecular formula is C16H25N3O4. The Morgan fingerprint density at radius 2 is 2.04 bits per heavy atom. The molecule has 0 aromatic carbocycles. The van der Waals surface area contributed by atoms with E-state index in [1.165, 1.54) is 0 Å². The van der Waals surface area contributed by atoms with Gasteiger partial charge in [-0.15, -0.1) is 0 Å². The van der Waals surface area contributed by atoms with Gasteiger partial charge in [-0.1, -0.05) is 12.8 Å². The summed E-state index contributed by atoms with van der Waals surface area (Å²) in [6.45, 7) is 3.61. The maximum atomic E-state index is 12.6. The number of nitrogens with zero attached hydrogens (tertiary/aromatic N) is 2. The molecule has 23 heavy (non-hydrogen) atoms. The quantitative estimate of drug-likeness (QED) is 0.779. The number of carbonyl (C=O) groups excluding carboxylic acids is 3. The SMILES string of the molecule is CCO[C@H]1CCCN(C(=O)CN2C(=O)NC3(CCCC3)C2=O)C1. The summed E-state index contributed by atoms with van der Waals surface area (Å²) < 4.78 is 5.60. The fourth-order valence-corrected chi connectivity index (χ4v) is 3.91. The number of likely N-dealkylation sites (tertiary alicyclic amines) is 1. The van der Waals surface area contributed by atoms with E-state index in [0.29, 0.717) is 32.5 Å². The fourth-order valence-electron chi connectivity index (χ4n) is 3.91. The summed E-state index contributed by atoms with van der Waals surface area (Å²) in [6, 6.07) is -0.427. The van der Waals surface area contributed by atoms with Crippen LogP contribution in [0.5, 0.6) is 0 Å². The van der Waals surface area contributed by atoms with Crippen LogP contribution >= 0.6 is 0 Å². The van der Waals surface area contributed by atoms with Crippen molar-refractivity contribution in [2.24, 2.45) is 0 Å². The van der Waals surface area contributed by atoms with Crippen molar-refractivity contribution in [2.45, 2.75) is 57.1 Å². The molecule has 1 N–H and O–H groups in total. The van der Waals surface area contributed by atoms with E-state index in [-0.39, 0.29) is 24.5 Å². The van der Waals surface area contributed by atoms with Crippen molar-refractivity contribution in [2.75, 3.05) is 26.2 Å². The van der Waals surface area contributed by atoms with Gasteiger partial charge in [0.1, 0.15) is 12.1 Å². The summed E-state index contributed by atoms with van der Waals surface area (Å²) >= 11 is 0. The summed E-state index contributed by atoms with van der Waals surface area (Å²) in [4.78, 5) is 40.0. The van der Waals surface area contributed by atoms with E-state index in [0.717, 1.165) is 30.6 Å². The number of amides is 4. The highest BCUT2D eigenvalue weighted by molar-refractivity contribution is 6.09. The molecule has 0 aromatic heterocycles. The zero-order valence-electron chi connectivity index (χ0n) is 13.7. The van der Waals surface area contributed by atoms with Gasteiger partial charge in [-0.05, 0) is 32.6 Å². The minimum absolute atomic E-state index is 0.0574. The average molecular weight is 323 g/mol. The molecule has 3 fully saturated rings. The first kappa shape index (κ1) is 16.2. The van der Waals surface area contributed by atoms with E-state index < -0.39 is 11.6 Å². The maximum absolute atomic E-state index is 12.6. The van der Waals surface area contributed by atoms with Crippen molar-refractivity contribution >= 4 is 17.8 Å². The van der Waals surface area contributed by atoms with Crippen LogP contribution in [-0.4, -0.2) is 65.5 Å². The number of hydrogen-bond donors (Lipinski definition) is 1. The first-order valence-corrected chi connectivity index (χ1v) is 8.59. The first-order valence-electron chi connectivity index (χ1n) is 8.59. The van der Waals surface area contributed by atoms with Crippen LogP contribution in [-0.2, 0) is 14.3 Å². The van der Waals surface area contributed by atoms with Gasteiger partial charge in [-0.25, -0.2) is 4.79 Å². The molecule has 2 aliphatic heterocycles. The Bertz CT molecular complexity index is 500. The summed E-state index contributed by atoms with van der Waals surface area (Å²) in [5, 5.41) is 2.81. The molecule has 1 saturated carbocycles. The van der Waals surface area contributed by atoms with E-state index in [1.807, 2.05) is 6.92 Å². The van der Waals surface area contributed by atoms with Gasteiger partial charge in [0.15, 0.2) is 0 Å². The van der Waals surface area contributed by atoms with Crippen molar-refractivity contribution in [3.8, 4) is 0 Å². The maximum Gasteiger partial charge on any atom is 0.325 e. The molecule has 4 amide bonds.